The fourth-order valence-electron chi connectivity index (χ4n) is 2.46. The number of hydrogen-bond acceptors (Lipinski definition) is 3. The maximum Gasteiger partial charge on any atom is 0.224 e. The molecule has 1 amide bonds. The third-order valence-corrected chi connectivity index (χ3v) is 3.44. The van der Waals surface area contributed by atoms with E-state index in [-0.39, 0.29) is 23.9 Å². The molecule has 1 aromatic heterocycles. The van der Waals surface area contributed by atoms with E-state index in [1.54, 1.807) is 12.4 Å². The standard InChI is InChI=1S/C13H19N3O.ClH/c14-10-13(5-1-2-6-13)16-12(17)8-11-4-3-7-15-9-11;/h3-4,7,9H,1-2,5-6,8,10,14H2,(H,16,17);1H. The summed E-state index contributed by atoms with van der Waals surface area (Å²) in [5.74, 6) is 0.0466. The molecule has 100 valence electrons. The minimum atomic E-state index is -0.153. The molecular formula is C13H20ClN3O. The van der Waals surface area contributed by atoms with Gasteiger partial charge in [-0.2, -0.15) is 0 Å². The third-order valence-electron chi connectivity index (χ3n) is 3.44. The minimum absolute atomic E-state index is 0. The van der Waals surface area contributed by atoms with Gasteiger partial charge < -0.3 is 11.1 Å². The maximum atomic E-state index is 11.9. The number of nitrogens with two attached hydrogens (primary N) is 1. The van der Waals surface area contributed by atoms with Crippen LogP contribution in [0, 0.1) is 0 Å². The van der Waals surface area contributed by atoms with Crippen molar-refractivity contribution < 1.29 is 4.79 Å². The Morgan fingerprint density at radius 2 is 2.17 bits per heavy atom. The van der Waals surface area contributed by atoms with Crippen molar-refractivity contribution in [1.82, 2.24) is 10.3 Å². The van der Waals surface area contributed by atoms with Crippen molar-refractivity contribution in [1.29, 1.82) is 0 Å². The molecule has 1 saturated carbocycles. The molecule has 0 aromatic carbocycles. The summed E-state index contributed by atoms with van der Waals surface area (Å²) in [5.41, 5.74) is 6.57. The van der Waals surface area contributed by atoms with Crippen LogP contribution in [-0.4, -0.2) is 23.0 Å². The van der Waals surface area contributed by atoms with Crippen LogP contribution in [0.5, 0.6) is 0 Å². The first-order valence-corrected chi connectivity index (χ1v) is 6.14. The first-order valence-electron chi connectivity index (χ1n) is 6.14. The second kappa shape index (κ2) is 6.71. The Hall–Kier alpha value is -1.13. The molecule has 0 spiro atoms. The van der Waals surface area contributed by atoms with Gasteiger partial charge in [-0.1, -0.05) is 18.9 Å². The average Bonchev–Trinajstić information content (AvgIpc) is 2.79. The summed E-state index contributed by atoms with van der Waals surface area (Å²) in [6.07, 6.45) is 8.14. The number of hydrogen-bond donors (Lipinski definition) is 2. The number of nitrogens with one attached hydrogen (secondary N) is 1. The molecule has 0 aliphatic heterocycles. The Labute approximate surface area is 114 Å². The summed E-state index contributed by atoms with van der Waals surface area (Å²) in [6.45, 7) is 0.534. The molecule has 1 aliphatic rings. The van der Waals surface area contributed by atoms with E-state index in [2.05, 4.69) is 10.3 Å². The molecule has 1 heterocycles. The van der Waals surface area contributed by atoms with E-state index in [4.69, 9.17) is 5.73 Å². The normalized spacial score (nSPS) is 16.9. The van der Waals surface area contributed by atoms with Gasteiger partial charge in [0, 0.05) is 18.9 Å². The molecule has 0 radical (unpaired) electrons. The molecule has 3 N–H and O–H groups in total. The second-order valence-electron chi connectivity index (χ2n) is 4.78. The monoisotopic (exact) mass is 269 g/mol. The number of aromatic nitrogens is 1. The highest BCUT2D eigenvalue weighted by molar-refractivity contribution is 5.85. The Morgan fingerprint density at radius 1 is 1.44 bits per heavy atom. The molecule has 5 heteroatoms. The largest absolute Gasteiger partial charge is 0.349 e. The number of pyridine rings is 1. The van der Waals surface area contributed by atoms with Crippen LogP contribution >= 0.6 is 12.4 Å². The lowest BCUT2D eigenvalue weighted by atomic mass is 9.97. The van der Waals surface area contributed by atoms with Gasteiger partial charge in [0.1, 0.15) is 0 Å². The van der Waals surface area contributed by atoms with Crippen LogP contribution in [0.15, 0.2) is 24.5 Å². The van der Waals surface area contributed by atoms with Crippen LogP contribution in [0.3, 0.4) is 0 Å². The predicted molar refractivity (Wildman–Crippen MR) is 73.6 cm³/mol. The SMILES string of the molecule is Cl.NCC1(NC(=O)Cc2cccnc2)CCCC1. The van der Waals surface area contributed by atoms with E-state index < -0.39 is 0 Å². The highest BCUT2D eigenvalue weighted by Crippen LogP contribution is 2.28. The third kappa shape index (κ3) is 3.68. The number of carbonyl (C=O) groups excluding carboxylic acids is 1. The van der Waals surface area contributed by atoms with Gasteiger partial charge >= 0.3 is 0 Å². The summed E-state index contributed by atoms with van der Waals surface area (Å²) in [7, 11) is 0. The number of halogens is 1. The first kappa shape index (κ1) is 14.9. The van der Waals surface area contributed by atoms with Gasteiger partial charge in [0.2, 0.25) is 5.91 Å². The summed E-state index contributed by atoms with van der Waals surface area (Å²) in [4.78, 5) is 15.9. The first-order chi connectivity index (χ1) is 8.24. The van der Waals surface area contributed by atoms with Crippen molar-refractivity contribution in [2.45, 2.75) is 37.6 Å². The zero-order valence-electron chi connectivity index (χ0n) is 10.4. The number of amides is 1. The predicted octanol–water partition coefficient (Wildman–Crippen LogP) is 1.43. The van der Waals surface area contributed by atoms with E-state index >= 15 is 0 Å². The van der Waals surface area contributed by atoms with Crippen molar-refractivity contribution in [3.05, 3.63) is 30.1 Å². The van der Waals surface area contributed by atoms with Crippen molar-refractivity contribution in [2.75, 3.05) is 6.54 Å². The molecule has 0 atom stereocenters. The highest BCUT2D eigenvalue weighted by Gasteiger charge is 2.33. The summed E-state index contributed by atoms with van der Waals surface area (Å²) >= 11 is 0. The molecule has 1 aliphatic carbocycles. The molecule has 1 fully saturated rings. The lowest BCUT2D eigenvalue weighted by Crippen LogP contribution is -2.52. The molecule has 18 heavy (non-hydrogen) atoms. The Balaban J connectivity index is 0.00000162. The van der Waals surface area contributed by atoms with Gasteiger partial charge in [-0.15, -0.1) is 12.4 Å². The van der Waals surface area contributed by atoms with E-state index in [1.165, 1.54) is 0 Å². The van der Waals surface area contributed by atoms with E-state index in [1.807, 2.05) is 12.1 Å². The van der Waals surface area contributed by atoms with Gasteiger partial charge in [0.25, 0.3) is 0 Å². The number of nitrogens with zero attached hydrogens (tertiary/aromatic N) is 1. The van der Waals surface area contributed by atoms with Gasteiger partial charge in [-0.05, 0) is 24.5 Å². The fraction of sp³-hybridized carbons (Fsp3) is 0.538. The molecule has 0 unspecified atom stereocenters. The minimum Gasteiger partial charge on any atom is -0.349 e. The van der Waals surface area contributed by atoms with Crippen LogP contribution in [0.4, 0.5) is 0 Å². The lowest BCUT2D eigenvalue weighted by molar-refractivity contribution is -0.122. The maximum absolute atomic E-state index is 11.9. The zero-order valence-corrected chi connectivity index (χ0v) is 11.2. The molecule has 1 aromatic rings. The summed E-state index contributed by atoms with van der Waals surface area (Å²) < 4.78 is 0. The van der Waals surface area contributed by atoms with Crippen molar-refractivity contribution in [3.8, 4) is 0 Å². The van der Waals surface area contributed by atoms with Crippen LogP contribution in [0.1, 0.15) is 31.2 Å². The van der Waals surface area contributed by atoms with Gasteiger partial charge in [-0.25, -0.2) is 0 Å². The molecule has 0 bridgehead atoms. The average molecular weight is 270 g/mol. The lowest BCUT2D eigenvalue weighted by Gasteiger charge is -2.28. The van der Waals surface area contributed by atoms with Crippen LogP contribution < -0.4 is 11.1 Å². The molecule has 4 nitrogen and oxygen atoms in total. The number of rotatable bonds is 4. The Morgan fingerprint density at radius 3 is 2.72 bits per heavy atom. The Bertz CT molecular complexity index is 377. The van der Waals surface area contributed by atoms with Gasteiger partial charge in [0.05, 0.1) is 12.0 Å². The smallest absolute Gasteiger partial charge is 0.224 e. The molecular weight excluding hydrogens is 250 g/mol. The van der Waals surface area contributed by atoms with E-state index in [0.29, 0.717) is 13.0 Å². The second-order valence-corrected chi connectivity index (χ2v) is 4.78. The number of carbonyl (C=O) groups is 1. The van der Waals surface area contributed by atoms with Crippen molar-refractivity contribution in [3.63, 3.8) is 0 Å². The summed E-state index contributed by atoms with van der Waals surface area (Å²) in [5, 5.41) is 3.10. The van der Waals surface area contributed by atoms with Crippen molar-refractivity contribution in [2.24, 2.45) is 5.73 Å². The fourth-order valence-corrected chi connectivity index (χ4v) is 2.46. The molecule has 2 rings (SSSR count). The van der Waals surface area contributed by atoms with Crippen LogP contribution in [0.25, 0.3) is 0 Å². The Kier molecular flexibility index (Phi) is 5.56. The summed E-state index contributed by atoms with van der Waals surface area (Å²) in [6, 6.07) is 3.76. The quantitative estimate of drug-likeness (QED) is 0.869. The van der Waals surface area contributed by atoms with E-state index in [9.17, 15) is 4.79 Å². The topological polar surface area (TPSA) is 68.0 Å². The van der Waals surface area contributed by atoms with Gasteiger partial charge in [-0.3, -0.25) is 9.78 Å². The zero-order chi connectivity index (χ0) is 12.1. The van der Waals surface area contributed by atoms with Crippen LogP contribution in [-0.2, 0) is 11.2 Å². The molecule has 0 saturated heterocycles. The van der Waals surface area contributed by atoms with Crippen LogP contribution in [0.2, 0.25) is 0 Å². The highest BCUT2D eigenvalue weighted by atomic mass is 35.5. The van der Waals surface area contributed by atoms with Crippen molar-refractivity contribution >= 4 is 18.3 Å². The van der Waals surface area contributed by atoms with E-state index in [0.717, 1.165) is 31.2 Å². The van der Waals surface area contributed by atoms with Gasteiger partial charge in [0.15, 0.2) is 0 Å².